The van der Waals surface area contributed by atoms with Crippen molar-refractivity contribution in [1.29, 1.82) is 5.26 Å². The molecule has 9 heteroatoms. The topological polar surface area (TPSA) is 102 Å². The molecule has 0 atom stereocenters. The molecule has 1 aromatic heterocycles. The molecule has 0 amide bonds. The van der Waals surface area contributed by atoms with Gasteiger partial charge in [-0.3, -0.25) is 4.98 Å². The van der Waals surface area contributed by atoms with Crippen LogP contribution in [0.4, 0.5) is 17.2 Å². The van der Waals surface area contributed by atoms with Gasteiger partial charge in [0.1, 0.15) is 35.3 Å². The standard InChI is InChI=1S/C29H29N5O4/c1-3-37-22-7-4-20(5-8-22)19-38-26-11-6-21(16-27(26)35-2)32-24-9-10-25-29(23(24)17-30)33-28(18-31-25)34-12-14-36-15-13-34/h4-11,16,18,32H,3,12-15,19H2,1-2H3. The van der Waals surface area contributed by atoms with E-state index in [4.69, 9.17) is 23.9 Å². The molecule has 9 nitrogen and oxygen atoms in total. The van der Waals surface area contributed by atoms with E-state index in [0.29, 0.717) is 60.2 Å². The lowest BCUT2D eigenvalue weighted by Crippen LogP contribution is -2.36. The molecule has 2 heterocycles. The van der Waals surface area contributed by atoms with E-state index in [1.807, 2.05) is 61.5 Å². The van der Waals surface area contributed by atoms with E-state index in [9.17, 15) is 5.26 Å². The summed E-state index contributed by atoms with van der Waals surface area (Å²) in [6, 6.07) is 19.4. The van der Waals surface area contributed by atoms with E-state index in [-0.39, 0.29) is 0 Å². The minimum absolute atomic E-state index is 0.392. The highest BCUT2D eigenvalue weighted by Gasteiger charge is 2.17. The minimum Gasteiger partial charge on any atom is -0.494 e. The molecule has 1 N–H and O–H groups in total. The Morgan fingerprint density at radius 3 is 2.58 bits per heavy atom. The summed E-state index contributed by atoms with van der Waals surface area (Å²) in [7, 11) is 1.60. The second-order valence-corrected chi connectivity index (χ2v) is 8.65. The van der Waals surface area contributed by atoms with Gasteiger partial charge in [-0.25, -0.2) is 4.98 Å². The largest absolute Gasteiger partial charge is 0.494 e. The van der Waals surface area contributed by atoms with Crippen LogP contribution in [-0.4, -0.2) is 50.0 Å². The van der Waals surface area contributed by atoms with Crippen molar-refractivity contribution < 1.29 is 18.9 Å². The maximum atomic E-state index is 10.0. The Hall–Kier alpha value is -4.55. The predicted molar refractivity (Wildman–Crippen MR) is 146 cm³/mol. The Bertz CT molecular complexity index is 1450. The first-order chi connectivity index (χ1) is 18.7. The summed E-state index contributed by atoms with van der Waals surface area (Å²) in [6.45, 7) is 5.76. The number of nitriles is 1. The average molecular weight is 512 g/mol. The molecule has 0 unspecified atom stereocenters. The van der Waals surface area contributed by atoms with Crippen molar-refractivity contribution in [2.75, 3.05) is 50.2 Å². The molecule has 5 rings (SSSR count). The quantitative estimate of drug-likeness (QED) is 0.330. The van der Waals surface area contributed by atoms with Crippen LogP contribution in [0.2, 0.25) is 0 Å². The zero-order valence-electron chi connectivity index (χ0n) is 21.4. The van der Waals surface area contributed by atoms with Gasteiger partial charge in [-0.1, -0.05) is 12.1 Å². The van der Waals surface area contributed by atoms with E-state index < -0.39 is 0 Å². The molecule has 3 aromatic carbocycles. The van der Waals surface area contributed by atoms with Crippen LogP contribution in [0.1, 0.15) is 18.1 Å². The summed E-state index contributed by atoms with van der Waals surface area (Å²) in [5, 5.41) is 13.4. The van der Waals surface area contributed by atoms with E-state index in [0.717, 1.165) is 35.9 Å². The maximum Gasteiger partial charge on any atom is 0.162 e. The van der Waals surface area contributed by atoms with Gasteiger partial charge < -0.3 is 29.2 Å². The molecule has 0 radical (unpaired) electrons. The fourth-order valence-electron chi connectivity index (χ4n) is 4.26. The normalized spacial score (nSPS) is 13.1. The number of rotatable bonds is 9. The maximum absolute atomic E-state index is 10.0. The number of methoxy groups -OCH3 is 1. The Balaban J connectivity index is 1.35. The number of anilines is 3. The first-order valence-electron chi connectivity index (χ1n) is 12.5. The number of ether oxygens (including phenoxy) is 4. The lowest BCUT2D eigenvalue weighted by atomic mass is 10.1. The molecule has 194 valence electrons. The van der Waals surface area contributed by atoms with Crippen LogP contribution in [0.3, 0.4) is 0 Å². The van der Waals surface area contributed by atoms with Gasteiger partial charge >= 0.3 is 0 Å². The Morgan fingerprint density at radius 2 is 1.84 bits per heavy atom. The minimum atomic E-state index is 0.392. The fourth-order valence-corrected chi connectivity index (χ4v) is 4.26. The lowest BCUT2D eigenvalue weighted by Gasteiger charge is -2.27. The van der Waals surface area contributed by atoms with E-state index in [1.165, 1.54) is 0 Å². The third kappa shape index (κ3) is 5.56. The van der Waals surface area contributed by atoms with Crippen LogP contribution >= 0.6 is 0 Å². The van der Waals surface area contributed by atoms with Crippen LogP contribution in [-0.2, 0) is 11.3 Å². The first kappa shape index (κ1) is 25.1. The van der Waals surface area contributed by atoms with Crippen LogP contribution in [0.5, 0.6) is 17.2 Å². The molecule has 0 saturated carbocycles. The number of morpholine rings is 1. The number of nitrogens with zero attached hydrogens (tertiary/aromatic N) is 4. The molecule has 1 aliphatic rings. The Morgan fingerprint density at radius 1 is 1.03 bits per heavy atom. The molecule has 38 heavy (non-hydrogen) atoms. The number of hydrogen-bond donors (Lipinski definition) is 1. The molecule has 0 aliphatic carbocycles. The van der Waals surface area contributed by atoms with Gasteiger partial charge in [0.15, 0.2) is 11.5 Å². The third-order valence-electron chi connectivity index (χ3n) is 6.22. The van der Waals surface area contributed by atoms with Crippen LogP contribution in [0.25, 0.3) is 11.0 Å². The highest BCUT2D eigenvalue weighted by molar-refractivity contribution is 5.89. The summed E-state index contributed by atoms with van der Waals surface area (Å²) in [6.07, 6.45) is 1.75. The monoisotopic (exact) mass is 511 g/mol. The van der Waals surface area contributed by atoms with Crippen molar-refractivity contribution in [1.82, 2.24) is 9.97 Å². The zero-order valence-corrected chi connectivity index (χ0v) is 21.4. The molecular formula is C29H29N5O4. The van der Waals surface area contributed by atoms with Crippen LogP contribution in [0, 0.1) is 11.3 Å². The van der Waals surface area contributed by atoms with Crippen molar-refractivity contribution in [3.05, 3.63) is 71.9 Å². The van der Waals surface area contributed by atoms with Gasteiger partial charge in [-0.15, -0.1) is 0 Å². The number of nitrogens with one attached hydrogen (secondary N) is 1. The Labute approximate surface area is 221 Å². The van der Waals surface area contributed by atoms with Gasteiger partial charge in [0.25, 0.3) is 0 Å². The SMILES string of the molecule is CCOc1ccc(COc2ccc(Nc3ccc4ncc(N5CCOCC5)nc4c3C#N)cc2OC)cc1. The Kier molecular flexibility index (Phi) is 7.71. The smallest absolute Gasteiger partial charge is 0.162 e. The van der Waals surface area contributed by atoms with Gasteiger partial charge in [0.2, 0.25) is 0 Å². The number of benzene rings is 3. The first-order valence-corrected chi connectivity index (χ1v) is 12.5. The summed E-state index contributed by atoms with van der Waals surface area (Å²) < 4.78 is 22.5. The summed E-state index contributed by atoms with van der Waals surface area (Å²) in [4.78, 5) is 11.4. The molecule has 4 aromatic rings. The number of hydrogen-bond acceptors (Lipinski definition) is 9. The molecule has 1 aliphatic heterocycles. The van der Waals surface area contributed by atoms with E-state index >= 15 is 0 Å². The molecule has 0 bridgehead atoms. The molecular weight excluding hydrogens is 482 g/mol. The zero-order chi connectivity index (χ0) is 26.3. The van der Waals surface area contributed by atoms with Crippen molar-refractivity contribution in [2.24, 2.45) is 0 Å². The molecule has 0 spiro atoms. The highest BCUT2D eigenvalue weighted by atomic mass is 16.5. The van der Waals surface area contributed by atoms with Crippen LogP contribution < -0.4 is 24.4 Å². The average Bonchev–Trinajstić information content (AvgIpc) is 2.97. The lowest BCUT2D eigenvalue weighted by molar-refractivity contribution is 0.122. The highest BCUT2D eigenvalue weighted by Crippen LogP contribution is 2.34. The summed E-state index contributed by atoms with van der Waals surface area (Å²) in [5.74, 6) is 2.77. The van der Waals surface area contributed by atoms with Gasteiger partial charge in [-0.2, -0.15) is 5.26 Å². The molecule has 1 fully saturated rings. The van der Waals surface area contributed by atoms with Gasteiger partial charge in [-0.05, 0) is 48.9 Å². The molecule has 1 saturated heterocycles. The number of aromatic nitrogens is 2. The van der Waals surface area contributed by atoms with Gasteiger partial charge in [0.05, 0.1) is 44.3 Å². The second kappa shape index (κ2) is 11.7. The van der Waals surface area contributed by atoms with Crippen molar-refractivity contribution in [3.8, 4) is 23.3 Å². The summed E-state index contributed by atoms with van der Waals surface area (Å²) in [5.41, 5.74) is 4.07. The van der Waals surface area contributed by atoms with Crippen LogP contribution in [0.15, 0.2) is 60.8 Å². The predicted octanol–water partition coefficient (Wildman–Crippen LogP) is 5.07. The van der Waals surface area contributed by atoms with Crippen molar-refractivity contribution in [2.45, 2.75) is 13.5 Å². The second-order valence-electron chi connectivity index (χ2n) is 8.65. The summed E-state index contributed by atoms with van der Waals surface area (Å²) >= 11 is 0. The van der Waals surface area contributed by atoms with E-state index in [1.54, 1.807) is 13.3 Å². The van der Waals surface area contributed by atoms with Crippen molar-refractivity contribution >= 4 is 28.2 Å². The van der Waals surface area contributed by atoms with Crippen molar-refractivity contribution in [3.63, 3.8) is 0 Å². The van der Waals surface area contributed by atoms with Gasteiger partial charge in [0, 0.05) is 24.8 Å². The third-order valence-corrected chi connectivity index (χ3v) is 6.22. The number of fused-ring (bicyclic) bond motifs is 1. The fraction of sp³-hybridized carbons (Fsp3) is 0.276. The van der Waals surface area contributed by atoms with E-state index in [2.05, 4.69) is 21.3 Å².